The second-order valence-electron chi connectivity index (χ2n) is 6.10. The average molecular weight is 359 g/mol. The number of amides is 2. The molecule has 2 amide bonds. The number of thioether (sulfide) groups is 1. The molecule has 0 bridgehead atoms. The first-order valence-corrected chi connectivity index (χ1v) is 9.22. The van der Waals surface area contributed by atoms with Crippen LogP contribution < -0.4 is 5.73 Å². The number of nitrogens with zero attached hydrogens (tertiary/aromatic N) is 4. The molecule has 0 spiro atoms. The SMILES string of the molecule is Cc1cccc(-c2nnc(SCC(=O)N3CCCC3)n2CC(N)=O)c1. The average Bonchev–Trinajstić information content (AvgIpc) is 3.22. The second-order valence-corrected chi connectivity index (χ2v) is 7.05. The lowest BCUT2D eigenvalue weighted by atomic mass is 10.1. The molecule has 132 valence electrons. The maximum absolute atomic E-state index is 12.2. The Labute approximate surface area is 150 Å². The van der Waals surface area contributed by atoms with Crippen LogP contribution in [0, 0.1) is 6.92 Å². The fourth-order valence-electron chi connectivity index (χ4n) is 2.88. The molecule has 0 saturated carbocycles. The smallest absolute Gasteiger partial charge is 0.237 e. The highest BCUT2D eigenvalue weighted by atomic mass is 32.2. The Bertz CT molecular complexity index is 783. The largest absolute Gasteiger partial charge is 0.368 e. The predicted molar refractivity (Wildman–Crippen MR) is 95.9 cm³/mol. The third-order valence-electron chi connectivity index (χ3n) is 4.09. The van der Waals surface area contributed by atoms with Gasteiger partial charge in [-0.1, -0.05) is 35.5 Å². The summed E-state index contributed by atoms with van der Waals surface area (Å²) >= 11 is 1.29. The molecule has 1 aliphatic rings. The summed E-state index contributed by atoms with van der Waals surface area (Å²) in [5.74, 6) is 0.485. The van der Waals surface area contributed by atoms with E-state index in [1.165, 1.54) is 11.8 Å². The Morgan fingerprint density at radius 2 is 2.00 bits per heavy atom. The van der Waals surface area contributed by atoms with Crippen LogP contribution in [0.25, 0.3) is 11.4 Å². The van der Waals surface area contributed by atoms with Crippen LogP contribution in [0.2, 0.25) is 0 Å². The summed E-state index contributed by atoms with van der Waals surface area (Å²) in [5.41, 5.74) is 7.34. The zero-order valence-corrected chi connectivity index (χ0v) is 15.0. The van der Waals surface area contributed by atoms with Crippen molar-refractivity contribution < 1.29 is 9.59 Å². The molecule has 2 aromatic rings. The number of carbonyl (C=O) groups excluding carboxylic acids is 2. The van der Waals surface area contributed by atoms with Crippen molar-refractivity contribution in [3.63, 3.8) is 0 Å². The van der Waals surface area contributed by atoms with Crippen molar-refractivity contribution in [3.05, 3.63) is 29.8 Å². The van der Waals surface area contributed by atoms with Crippen molar-refractivity contribution in [2.45, 2.75) is 31.5 Å². The monoisotopic (exact) mass is 359 g/mol. The number of nitrogens with two attached hydrogens (primary N) is 1. The van der Waals surface area contributed by atoms with E-state index in [-0.39, 0.29) is 18.2 Å². The quantitative estimate of drug-likeness (QED) is 0.788. The van der Waals surface area contributed by atoms with E-state index in [0.29, 0.717) is 11.0 Å². The predicted octanol–water partition coefficient (Wildman–Crippen LogP) is 1.45. The third kappa shape index (κ3) is 4.19. The van der Waals surface area contributed by atoms with Crippen LogP contribution >= 0.6 is 11.8 Å². The first-order chi connectivity index (χ1) is 12.0. The molecule has 7 nitrogen and oxygen atoms in total. The van der Waals surface area contributed by atoms with E-state index in [9.17, 15) is 9.59 Å². The Balaban J connectivity index is 1.81. The van der Waals surface area contributed by atoms with Gasteiger partial charge in [-0.3, -0.25) is 14.2 Å². The van der Waals surface area contributed by atoms with E-state index in [0.717, 1.165) is 37.1 Å². The number of rotatable bonds is 6. The molecule has 25 heavy (non-hydrogen) atoms. The van der Waals surface area contributed by atoms with Crippen LogP contribution in [0.4, 0.5) is 0 Å². The second kappa shape index (κ2) is 7.69. The van der Waals surface area contributed by atoms with Gasteiger partial charge >= 0.3 is 0 Å². The maximum atomic E-state index is 12.2. The number of carbonyl (C=O) groups is 2. The summed E-state index contributed by atoms with van der Waals surface area (Å²) in [6, 6.07) is 7.81. The van der Waals surface area contributed by atoms with Crippen LogP contribution in [0.3, 0.4) is 0 Å². The number of aryl methyl sites for hydroxylation is 1. The lowest BCUT2D eigenvalue weighted by molar-refractivity contribution is -0.127. The van der Waals surface area contributed by atoms with Crippen molar-refractivity contribution in [3.8, 4) is 11.4 Å². The fourth-order valence-corrected chi connectivity index (χ4v) is 3.72. The van der Waals surface area contributed by atoms with Crippen LogP contribution in [0.15, 0.2) is 29.4 Å². The Morgan fingerprint density at radius 3 is 2.68 bits per heavy atom. The number of hydrogen-bond donors (Lipinski definition) is 1. The zero-order valence-electron chi connectivity index (χ0n) is 14.1. The first-order valence-electron chi connectivity index (χ1n) is 8.23. The number of benzene rings is 1. The van der Waals surface area contributed by atoms with Crippen molar-refractivity contribution in [2.75, 3.05) is 18.8 Å². The number of likely N-dealkylation sites (tertiary alicyclic amines) is 1. The zero-order chi connectivity index (χ0) is 17.8. The summed E-state index contributed by atoms with van der Waals surface area (Å²) in [5, 5.41) is 8.92. The van der Waals surface area contributed by atoms with Gasteiger partial charge in [-0.15, -0.1) is 10.2 Å². The van der Waals surface area contributed by atoms with Crippen molar-refractivity contribution >= 4 is 23.6 Å². The van der Waals surface area contributed by atoms with E-state index in [1.54, 1.807) is 4.57 Å². The minimum Gasteiger partial charge on any atom is -0.368 e. The number of aromatic nitrogens is 3. The van der Waals surface area contributed by atoms with E-state index in [4.69, 9.17) is 5.73 Å². The lowest BCUT2D eigenvalue weighted by Crippen LogP contribution is -2.29. The fraction of sp³-hybridized carbons (Fsp3) is 0.412. The van der Waals surface area contributed by atoms with Gasteiger partial charge in [-0.2, -0.15) is 0 Å². The molecular weight excluding hydrogens is 338 g/mol. The molecule has 8 heteroatoms. The molecular formula is C17H21N5O2S. The molecule has 0 atom stereocenters. The van der Waals surface area contributed by atoms with Crippen molar-refractivity contribution in [2.24, 2.45) is 5.73 Å². The van der Waals surface area contributed by atoms with E-state index < -0.39 is 5.91 Å². The highest BCUT2D eigenvalue weighted by Gasteiger charge is 2.21. The van der Waals surface area contributed by atoms with Gasteiger partial charge in [0, 0.05) is 18.7 Å². The van der Waals surface area contributed by atoms with Gasteiger partial charge in [0.25, 0.3) is 0 Å². The summed E-state index contributed by atoms with van der Waals surface area (Å²) in [4.78, 5) is 25.6. The number of hydrogen-bond acceptors (Lipinski definition) is 5. The highest BCUT2D eigenvalue weighted by Crippen LogP contribution is 2.25. The molecule has 1 fully saturated rings. The minimum atomic E-state index is -0.471. The van der Waals surface area contributed by atoms with E-state index in [1.807, 2.05) is 36.1 Å². The Morgan fingerprint density at radius 1 is 1.24 bits per heavy atom. The standard InChI is InChI=1S/C17H21N5O2S/c1-12-5-4-6-13(9-12)16-19-20-17(22(16)10-14(18)23)25-11-15(24)21-7-2-3-8-21/h4-6,9H,2-3,7-8,10-11H2,1H3,(H2,18,23). The molecule has 1 aromatic heterocycles. The highest BCUT2D eigenvalue weighted by molar-refractivity contribution is 7.99. The molecule has 0 aliphatic carbocycles. The van der Waals surface area contributed by atoms with Gasteiger partial charge in [-0.25, -0.2) is 0 Å². The number of primary amides is 1. The molecule has 2 N–H and O–H groups in total. The molecule has 0 radical (unpaired) electrons. The summed E-state index contributed by atoms with van der Waals surface area (Å²) in [6.07, 6.45) is 2.12. The summed E-state index contributed by atoms with van der Waals surface area (Å²) < 4.78 is 1.68. The molecule has 3 rings (SSSR count). The summed E-state index contributed by atoms with van der Waals surface area (Å²) in [6.45, 7) is 3.61. The molecule has 0 unspecified atom stereocenters. The molecule has 1 aromatic carbocycles. The van der Waals surface area contributed by atoms with Crippen molar-refractivity contribution in [1.29, 1.82) is 0 Å². The van der Waals surface area contributed by atoms with Crippen LogP contribution in [-0.2, 0) is 16.1 Å². The maximum Gasteiger partial charge on any atom is 0.237 e. The normalized spacial score (nSPS) is 14.0. The Kier molecular flexibility index (Phi) is 5.37. The van der Waals surface area contributed by atoms with Gasteiger partial charge < -0.3 is 10.6 Å². The first kappa shape index (κ1) is 17.5. The van der Waals surface area contributed by atoms with Crippen LogP contribution in [0.1, 0.15) is 18.4 Å². The van der Waals surface area contributed by atoms with E-state index >= 15 is 0 Å². The van der Waals surface area contributed by atoms with Crippen LogP contribution in [0.5, 0.6) is 0 Å². The van der Waals surface area contributed by atoms with E-state index in [2.05, 4.69) is 10.2 Å². The van der Waals surface area contributed by atoms with Gasteiger partial charge in [0.15, 0.2) is 11.0 Å². The topological polar surface area (TPSA) is 94.1 Å². The van der Waals surface area contributed by atoms with Crippen LogP contribution in [-0.4, -0.2) is 50.3 Å². The van der Waals surface area contributed by atoms with Gasteiger partial charge in [0.2, 0.25) is 11.8 Å². The van der Waals surface area contributed by atoms with Gasteiger partial charge in [0.1, 0.15) is 6.54 Å². The van der Waals surface area contributed by atoms with Gasteiger partial charge in [-0.05, 0) is 25.8 Å². The molecule has 1 aliphatic heterocycles. The Hall–Kier alpha value is -2.35. The molecule has 2 heterocycles. The minimum absolute atomic E-state index is 0.0173. The van der Waals surface area contributed by atoms with Gasteiger partial charge in [0.05, 0.1) is 5.75 Å². The van der Waals surface area contributed by atoms with Crippen molar-refractivity contribution in [1.82, 2.24) is 19.7 Å². The molecule has 1 saturated heterocycles. The third-order valence-corrected chi connectivity index (χ3v) is 5.04. The lowest BCUT2D eigenvalue weighted by Gasteiger charge is -2.14. The summed E-state index contributed by atoms with van der Waals surface area (Å²) in [7, 11) is 0.